The van der Waals surface area contributed by atoms with E-state index in [1.54, 1.807) is 0 Å². The zero-order valence-corrected chi connectivity index (χ0v) is 7.88. The van der Waals surface area contributed by atoms with Crippen molar-refractivity contribution in [2.45, 2.75) is 58.2 Å². The third-order valence-corrected chi connectivity index (χ3v) is 3.55. The molecule has 3 atom stereocenters. The SMILES string of the molecule is CC1CC2CC(C)N1C(C)C2. The summed E-state index contributed by atoms with van der Waals surface area (Å²) in [6, 6.07) is 2.56. The van der Waals surface area contributed by atoms with Crippen LogP contribution in [0.1, 0.15) is 40.0 Å². The Morgan fingerprint density at radius 3 is 1.36 bits per heavy atom. The van der Waals surface area contributed by atoms with Gasteiger partial charge in [0, 0.05) is 18.1 Å². The summed E-state index contributed by atoms with van der Waals surface area (Å²) in [7, 11) is 0. The number of fused-ring (bicyclic) bond motifs is 3. The first-order chi connectivity index (χ1) is 5.18. The van der Waals surface area contributed by atoms with Gasteiger partial charge in [-0.25, -0.2) is 0 Å². The van der Waals surface area contributed by atoms with Crippen LogP contribution in [0.15, 0.2) is 0 Å². The van der Waals surface area contributed by atoms with Crippen LogP contribution in [0.4, 0.5) is 0 Å². The molecule has 3 aliphatic rings. The molecular weight excluding hydrogens is 134 g/mol. The van der Waals surface area contributed by atoms with Crippen molar-refractivity contribution in [3.63, 3.8) is 0 Å². The lowest BCUT2D eigenvalue weighted by Gasteiger charge is -2.52. The lowest BCUT2D eigenvalue weighted by Crippen LogP contribution is -2.56. The molecule has 0 radical (unpaired) electrons. The van der Waals surface area contributed by atoms with E-state index in [0.29, 0.717) is 0 Å². The van der Waals surface area contributed by atoms with E-state index in [4.69, 9.17) is 0 Å². The lowest BCUT2D eigenvalue weighted by molar-refractivity contribution is -0.0282. The minimum absolute atomic E-state index is 0.854. The maximum Gasteiger partial charge on any atom is 0.00752 e. The highest BCUT2D eigenvalue weighted by atomic mass is 15.2. The topological polar surface area (TPSA) is 3.24 Å². The molecule has 1 heteroatoms. The summed E-state index contributed by atoms with van der Waals surface area (Å²) in [5.74, 6) is 1.04. The predicted molar refractivity (Wildman–Crippen MR) is 47.6 cm³/mol. The molecule has 0 aromatic carbocycles. The molecule has 3 aliphatic heterocycles. The van der Waals surface area contributed by atoms with Crippen molar-refractivity contribution in [2.24, 2.45) is 5.92 Å². The van der Waals surface area contributed by atoms with E-state index in [1.807, 2.05) is 0 Å². The average molecular weight is 153 g/mol. The van der Waals surface area contributed by atoms with Gasteiger partial charge in [0.2, 0.25) is 0 Å². The number of hydrogen-bond acceptors (Lipinski definition) is 1. The summed E-state index contributed by atoms with van der Waals surface area (Å²) >= 11 is 0. The molecule has 3 rings (SSSR count). The number of hydrogen-bond donors (Lipinski definition) is 0. The Bertz CT molecular complexity index is 126. The average Bonchev–Trinajstić information content (AvgIpc) is 1.82. The fourth-order valence-corrected chi connectivity index (χ4v) is 3.40. The smallest absolute Gasteiger partial charge is 0.00752 e. The first kappa shape index (κ1) is 7.60. The molecule has 0 amide bonds. The van der Waals surface area contributed by atoms with Gasteiger partial charge in [0.25, 0.3) is 0 Å². The predicted octanol–water partition coefficient (Wildman–Crippen LogP) is 2.27. The molecule has 0 N–H and O–H groups in total. The van der Waals surface area contributed by atoms with Gasteiger partial charge >= 0.3 is 0 Å². The number of piperidine rings is 3. The van der Waals surface area contributed by atoms with Crippen LogP contribution in [0.5, 0.6) is 0 Å². The van der Waals surface area contributed by atoms with Crippen LogP contribution in [0.3, 0.4) is 0 Å². The fraction of sp³-hybridized carbons (Fsp3) is 1.00. The van der Waals surface area contributed by atoms with Crippen LogP contribution in [0, 0.1) is 5.92 Å². The van der Waals surface area contributed by atoms with Crippen molar-refractivity contribution in [3.8, 4) is 0 Å². The highest BCUT2D eigenvalue weighted by Gasteiger charge is 2.39. The minimum atomic E-state index is 0.854. The Balaban J connectivity index is 2.16. The molecule has 0 spiro atoms. The van der Waals surface area contributed by atoms with Gasteiger partial charge in [0.1, 0.15) is 0 Å². The van der Waals surface area contributed by atoms with Gasteiger partial charge in [0.05, 0.1) is 0 Å². The van der Waals surface area contributed by atoms with Gasteiger partial charge in [-0.3, -0.25) is 4.90 Å². The standard InChI is InChI=1S/C10H19N/c1-7-4-10-5-8(2)11(7)9(3)6-10/h7-10H,4-6H2,1-3H3. The Hall–Kier alpha value is -0.0400. The van der Waals surface area contributed by atoms with E-state index in [0.717, 1.165) is 24.0 Å². The second-order valence-electron chi connectivity index (χ2n) is 4.57. The third kappa shape index (κ3) is 1.10. The van der Waals surface area contributed by atoms with Gasteiger partial charge in [-0.1, -0.05) is 0 Å². The van der Waals surface area contributed by atoms with Crippen molar-refractivity contribution in [1.29, 1.82) is 0 Å². The summed E-state index contributed by atoms with van der Waals surface area (Å²) in [5, 5.41) is 0. The molecule has 3 saturated heterocycles. The van der Waals surface area contributed by atoms with E-state index in [9.17, 15) is 0 Å². The Labute approximate surface area is 69.8 Å². The summed E-state index contributed by atoms with van der Waals surface area (Å²) in [5.41, 5.74) is 0. The van der Waals surface area contributed by atoms with Gasteiger partial charge in [-0.05, 0) is 46.0 Å². The van der Waals surface area contributed by atoms with Crippen molar-refractivity contribution in [2.75, 3.05) is 0 Å². The van der Waals surface area contributed by atoms with Crippen LogP contribution < -0.4 is 0 Å². The second kappa shape index (κ2) is 2.48. The highest BCUT2D eigenvalue weighted by Crippen LogP contribution is 2.39. The van der Waals surface area contributed by atoms with E-state index in [-0.39, 0.29) is 0 Å². The molecule has 0 aliphatic carbocycles. The molecule has 64 valence electrons. The lowest BCUT2D eigenvalue weighted by atomic mass is 9.76. The van der Waals surface area contributed by atoms with Gasteiger partial charge in [-0.15, -0.1) is 0 Å². The third-order valence-electron chi connectivity index (χ3n) is 3.55. The molecule has 3 fully saturated rings. The van der Waals surface area contributed by atoms with Crippen LogP contribution in [-0.4, -0.2) is 23.0 Å². The summed E-state index contributed by atoms with van der Waals surface area (Å²) in [4.78, 5) is 2.71. The van der Waals surface area contributed by atoms with E-state index >= 15 is 0 Å². The zero-order valence-electron chi connectivity index (χ0n) is 7.88. The van der Waals surface area contributed by atoms with E-state index in [1.165, 1.54) is 19.3 Å². The largest absolute Gasteiger partial charge is 0.295 e. The van der Waals surface area contributed by atoms with Crippen molar-refractivity contribution in [1.82, 2.24) is 4.90 Å². The Morgan fingerprint density at radius 2 is 1.18 bits per heavy atom. The molecule has 2 bridgehead atoms. The van der Waals surface area contributed by atoms with E-state index in [2.05, 4.69) is 25.7 Å². The molecule has 11 heavy (non-hydrogen) atoms. The normalized spacial score (nSPS) is 56.5. The van der Waals surface area contributed by atoms with E-state index < -0.39 is 0 Å². The summed E-state index contributed by atoms with van der Waals surface area (Å²) < 4.78 is 0. The summed E-state index contributed by atoms with van der Waals surface area (Å²) in [6.07, 6.45) is 4.36. The fourth-order valence-electron chi connectivity index (χ4n) is 3.40. The molecule has 0 aromatic heterocycles. The summed E-state index contributed by atoms with van der Waals surface area (Å²) in [6.45, 7) is 7.16. The first-order valence-corrected chi connectivity index (χ1v) is 4.96. The van der Waals surface area contributed by atoms with Crippen LogP contribution >= 0.6 is 0 Å². The van der Waals surface area contributed by atoms with Gasteiger partial charge in [0.15, 0.2) is 0 Å². The highest BCUT2D eigenvalue weighted by molar-refractivity contribution is 4.94. The molecule has 1 nitrogen and oxygen atoms in total. The van der Waals surface area contributed by atoms with Gasteiger partial charge < -0.3 is 0 Å². The molecular formula is C10H19N. The molecule has 3 heterocycles. The first-order valence-electron chi connectivity index (χ1n) is 4.96. The maximum atomic E-state index is 2.71. The van der Waals surface area contributed by atoms with Gasteiger partial charge in [-0.2, -0.15) is 0 Å². The Kier molecular flexibility index (Phi) is 1.71. The second-order valence-corrected chi connectivity index (χ2v) is 4.57. The van der Waals surface area contributed by atoms with Crippen molar-refractivity contribution >= 4 is 0 Å². The molecule has 0 aromatic rings. The number of nitrogens with zero attached hydrogens (tertiary/aromatic N) is 1. The minimum Gasteiger partial charge on any atom is -0.295 e. The van der Waals surface area contributed by atoms with Crippen molar-refractivity contribution in [3.05, 3.63) is 0 Å². The molecule has 3 unspecified atom stereocenters. The maximum absolute atomic E-state index is 2.71. The van der Waals surface area contributed by atoms with Crippen LogP contribution in [-0.2, 0) is 0 Å². The number of rotatable bonds is 0. The van der Waals surface area contributed by atoms with Crippen LogP contribution in [0.2, 0.25) is 0 Å². The Morgan fingerprint density at radius 1 is 0.818 bits per heavy atom. The quantitative estimate of drug-likeness (QED) is 0.516. The monoisotopic (exact) mass is 153 g/mol. The zero-order chi connectivity index (χ0) is 8.01. The van der Waals surface area contributed by atoms with Crippen LogP contribution in [0.25, 0.3) is 0 Å². The molecule has 0 saturated carbocycles. The van der Waals surface area contributed by atoms with Crippen molar-refractivity contribution < 1.29 is 0 Å².